The average molecular weight is 315 g/mol. The molecule has 1 saturated heterocycles. The van der Waals surface area contributed by atoms with Crippen LogP contribution in [0.2, 0.25) is 0 Å². The number of ether oxygens (including phenoxy) is 1. The third-order valence-electron chi connectivity index (χ3n) is 4.39. The fourth-order valence-electron chi connectivity index (χ4n) is 2.95. The molecule has 0 bridgehead atoms. The van der Waals surface area contributed by atoms with Crippen LogP contribution in [0, 0.1) is 0 Å². The lowest BCUT2D eigenvalue weighted by Gasteiger charge is -2.29. The van der Waals surface area contributed by atoms with Gasteiger partial charge in [-0.15, -0.1) is 0 Å². The number of amides is 1. The van der Waals surface area contributed by atoms with E-state index in [1.54, 1.807) is 31.5 Å². The van der Waals surface area contributed by atoms with Gasteiger partial charge in [0.1, 0.15) is 5.75 Å². The fourth-order valence-corrected chi connectivity index (χ4v) is 2.95. The summed E-state index contributed by atoms with van der Waals surface area (Å²) < 4.78 is 5.16. The Morgan fingerprint density at radius 3 is 2.74 bits per heavy atom. The average Bonchev–Trinajstić information content (AvgIpc) is 2.99. The van der Waals surface area contributed by atoms with Crippen molar-refractivity contribution in [3.63, 3.8) is 0 Å². The topological polar surface area (TPSA) is 74.4 Å². The Labute approximate surface area is 134 Å². The van der Waals surface area contributed by atoms with Gasteiger partial charge in [0.05, 0.1) is 12.7 Å². The van der Waals surface area contributed by atoms with E-state index in [2.05, 4.69) is 22.2 Å². The van der Waals surface area contributed by atoms with Crippen molar-refractivity contribution in [2.24, 2.45) is 0 Å². The Morgan fingerprint density at radius 2 is 2.04 bits per heavy atom. The summed E-state index contributed by atoms with van der Waals surface area (Å²) in [7, 11) is 3.65. The molecular weight excluding hydrogens is 294 g/mol. The number of nitrogens with one attached hydrogen (secondary N) is 2. The predicted octanol–water partition coefficient (Wildman–Crippen LogP) is 1.57. The highest BCUT2D eigenvalue weighted by Gasteiger charge is 2.24. The van der Waals surface area contributed by atoms with Crippen LogP contribution < -0.4 is 10.1 Å². The molecule has 2 aromatic rings. The monoisotopic (exact) mass is 315 g/mol. The Bertz CT molecular complexity index is 730. The molecule has 3 rings (SSSR count). The van der Waals surface area contributed by atoms with E-state index in [-0.39, 0.29) is 6.04 Å². The number of carbonyl (C=O) groups is 2. The molecule has 0 spiro atoms. The van der Waals surface area contributed by atoms with E-state index in [1.807, 2.05) is 0 Å². The summed E-state index contributed by atoms with van der Waals surface area (Å²) in [6.07, 6.45) is 3.34. The summed E-state index contributed by atoms with van der Waals surface area (Å²) in [5, 5.41) is 3.59. The number of Topliss-reactive ketones (excluding diaryl/α,β-unsaturated/α-hetero) is 1. The zero-order valence-electron chi connectivity index (χ0n) is 13.4. The summed E-state index contributed by atoms with van der Waals surface area (Å²) in [6, 6.07) is 5.46. The number of ketones is 1. The van der Waals surface area contributed by atoms with Crippen LogP contribution in [-0.4, -0.2) is 54.9 Å². The maximum Gasteiger partial charge on any atom is 0.292 e. The van der Waals surface area contributed by atoms with Crippen molar-refractivity contribution >= 4 is 22.6 Å². The first-order chi connectivity index (χ1) is 11.1. The first-order valence-corrected chi connectivity index (χ1v) is 7.77. The number of piperidine rings is 1. The van der Waals surface area contributed by atoms with E-state index >= 15 is 0 Å². The van der Waals surface area contributed by atoms with E-state index in [0.717, 1.165) is 36.8 Å². The Kier molecular flexibility index (Phi) is 4.34. The quantitative estimate of drug-likeness (QED) is 0.663. The van der Waals surface area contributed by atoms with Gasteiger partial charge in [0.25, 0.3) is 11.7 Å². The number of benzene rings is 1. The number of H-pyrrole nitrogens is 1. The Morgan fingerprint density at radius 1 is 1.30 bits per heavy atom. The zero-order valence-corrected chi connectivity index (χ0v) is 13.4. The van der Waals surface area contributed by atoms with Crippen molar-refractivity contribution in [3.05, 3.63) is 30.0 Å². The van der Waals surface area contributed by atoms with Gasteiger partial charge in [0.15, 0.2) is 0 Å². The number of nitrogens with zero attached hydrogens (tertiary/aromatic N) is 1. The third-order valence-corrected chi connectivity index (χ3v) is 4.39. The largest absolute Gasteiger partial charge is 0.497 e. The second kappa shape index (κ2) is 6.42. The van der Waals surface area contributed by atoms with Crippen molar-refractivity contribution in [3.8, 4) is 5.75 Å². The van der Waals surface area contributed by atoms with Crippen LogP contribution in [-0.2, 0) is 4.79 Å². The lowest BCUT2D eigenvalue weighted by molar-refractivity contribution is -0.117. The zero-order chi connectivity index (χ0) is 16.4. The van der Waals surface area contributed by atoms with Gasteiger partial charge in [0.2, 0.25) is 0 Å². The summed E-state index contributed by atoms with van der Waals surface area (Å²) in [5.41, 5.74) is 1.17. The van der Waals surface area contributed by atoms with Gasteiger partial charge in [0, 0.05) is 29.2 Å². The van der Waals surface area contributed by atoms with Crippen LogP contribution in [0.15, 0.2) is 24.4 Å². The second-order valence-corrected chi connectivity index (χ2v) is 5.99. The molecule has 6 heteroatoms. The van der Waals surface area contributed by atoms with E-state index in [0.29, 0.717) is 11.3 Å². The molecule has 1 aliphatic heterocycles. The molecule has 1 amide bonds. The molecule has 2 heterocycles. The fraction of sp³-hybridized carbons (Fsp3) is 0.412. The lowest BCUT2D eigenvalue weighted by atomic mass is 10.0. The Hall–Kier alpha value is -2.34. The number of hydrogen-bond donors (Lipinski definition) is 2. The van der Waals surface area contributed by atoms with Crippen LogP contribution in [0.25, 0.3) is 10.9 Å². The van der Waals surface area contributed by atoms with Gasteiger partial charge in [-0.2, -0.15) is 0 Å². The molecule has 1 aromatic carbocycles. The van der Waals surface area contributed by atoms with Crippen LogP contribution in [0.1, 0.15) is 23.2 Å². The normalized spacial score (nSPS) is 16.4. The first kappa shape index (κ1) is 15.6. The number of rotatable bonds is 4. The number of aromatic nitrogens is 1. The molecule has 0 atom stereocenters. The smallest absolute Gasteiger partial charge is 0.292 e. The van der Waals surface area contributed by atoms with Gasteiger partial charge in [-0.05, 0) is 45.1 Å². The molecule has 6 nitrogen and oxygen atoms in total. The molecule has 1 aromatic heterocycles. The van der Waals surface area contributed by atoms with Crippen LogP contribution >= 0.6 is 0 Å². The van der Waals surface area contributed by atoms with E-state index in [4.69, 9.17) is 4.74 Å². The minimum Gasteiger partial charge on any atom is -0.497 e. The molecule has 1 aliphatic rings. The van der Waals surface area contributed by atoms with Crippen molar-refractivity contribution in [2.45, 2.75) is 18.9 Å². The molecule has 23 heavy (non-hydrogen) atoms. The van der Waals surface area contributed by atoms with Crippen molar-refractivity contribution in [1.82, 2.24) is 15.2 Å². The molecular formula is C17H21N3O3. The van der Waals surface area contributed by atoms with E-state index < -0.39 is 11.7 Å². The van der Waals surface area contributed by atoms with Gasteiger partial charge in [-0.25, -0.2) is 0 Å². The Balaban J connectivity index is 1.73. The number of methoxy groups -OCH3 is 1. The predicted molar refractivity (Wildman–Crippen MR) is 87.8 cm³/mol. The SMILES string of the molecule is COc1ccc2c(C(=O)C(=O)NC3CCN(C)CC3)c[nH]c2c1. The molecule has 0 unspecified atom stereocenters. The van der Waals surface area contributed by atoms with Crippen molar-refractivity contribution in [2.75, 3.05) is 27.2 Å². The molecule has 0 aliphatic carbocycles. The van der Waals surface area contributed by atoms with E-state index in [9.17, 15) is 9.59 Å². The lowest BCUT2D eigenvalue weighted by Crippen LogP contribution is -2.45. The highest BCUT2D eigenvalue weighted by molar-refractivity contribution is 6.45. The van der Waals surface area contributed by atoms with Crippen LogP contribution in [0.5, 0.6) is 5.75 Å². The molecule has 1 fully saturated rings. The number of carbonyl (C=O) groups excluding carboxylic acids is 2. The van der Waals surface area contributed by atoms with Gasteiger partial charge in [-0.1, -0.05) is 0 Å². The van der Waals surface area contributed by atoms with Crippen LogP contribution in [0.3, 0.4) is 0 Å². The van der Waals surface area contributed by atoms with Gasteiger partial charge >= 0.3 is 0 Å². The minimum atomic E-state index is -0.531. The van der Waals surface area contributed by atoms with E-state index in [1.165, 1.54) is 0 Å². The maximum absolute atomic E-state index is 12.4. The minimum absolute atomic E-state index is 0.0768. The van der Waals surface area contributed by atoms with Crippen molar-refractivity contribution in [1.29, 1.82) is 0 Å². The second-order valence-electron chi connectivity index (χ2n) is 5.99. The standard InChI is InChI=1S/C17H21N3O3/c1-20-7-5-11(6-8-20)19-17(22)16(21)14-10-18-15-9-12(23-2)3-4-13(14)15/h3-4,9-11,18H,5-8H2,1-2H3,(H,19,22). The summed E-state index contributed by atoms with van der Waals surface area (Å²) >= 11 is 0. The summed E-state index contributed by atoms with van der Waals surface area (Å²) in [4.78, 5) is 29.9. The third kappa shape index (κ3) is 3.22. The summed E-state index contributed by atoms with van der Waals surface area (Å²) in [6.45, 7) is 1.87. The van der Waals surface area contributed by atoms with Crippen LogP contribution in [0.4, 0.5) is 0 Å². The molecule has 0 saturated carbocycles. The first-order valence-electron chi connectivity index (χ1n) is 7.77. The van der Waals surface area contributed by atoms with Crippen molar-refractivity contribution < 1.29 is 14.3 Å². The maximum atomic E-state index is 12.4. The van der Waals surface area contributed by atoms with Gasteiger partial charge < -0.3 is 19.9 Å². The molecule has 0 radical (unpaired) electrons. The highest BCUT2D eigenvalue weighted by atomic mass is 16.5. The number of likely N-dealkylation sites (tertiary alicyclic amines) is 1. The highest BCUT2D eigenvalue weighted by Crippen LogP contribution is 2.23. The van der Waals surface area contributed by atoms with Gasteiger partial charge in [-0.3, -0.25) is 9.59 Å². The summed E-state index contributed by atoms with van der Waals surface area (Å²) in [5.74, 6) is -0.328. The number of aromatic amines is 1. The molecule has 2 N–H and O–H groups in total. The molecule has 122 valence electrons. The number of fused-ring (bicyclic) bond motifs is 1. The number of hydrogen-bond acceptors (Lipinski definition) is 4.